The van der Waals surface area contributed by atoms with Crippen molar-refractivity contribution in [3.63, 3.8) is 0 Å². The van der Waals surface area contributed by atoms with E-state index in [-0.39, 0.29) is 11.9 Å². The molecule has 1 heterocycles. The van der Waals surface area contributed by atoms with Gasteiger partial charge in [-0.15, -0.1) is 18.3 Å². The van der Waals surface area contributed by atoms with E-state index in [1.807, 2.05) is 18.2 Å². The number of amides is 1. The molecule has 0 radical (unpaired) electrons. The zero-order chi connectivity index (χ0) is 12.4. The van der Waals surface area contributed by atoms with E-state index in [9.17, 15) is 4.79 Å². The average Bonchev–Trinajstić information content (AvgIpc) is 2.61. The maximum atomic E-state index is 11.7. The van der Waals surface area contributed by atoms with Gasteiger partial charge in [0.2, 0.25) is 5.91 Å². The summed E-state index contributed by atoms with van der Waals surface area (Å²) in [5.74, 6) is 0.756. The number of likely N-dealkylation sites (N-methyl/N-ethyl adjacent to an activating group) is 1. The molecule has 0 aliphatic carbocycles. The van der Waals surface area contributed by atoms with Gasteiger partial charge < -0.3 is 10.6 Å². The van der Waals surface area contributed by atoms with Gasteiger partial charge in [-0.1, -0.05) is 17.7 Å². The highest BCUT2D eigenvalue weighted by atomic mass is 35.5. The van der Waals surface area contributed by atoms with Gasteiger partial charge in [0, 0.05) is 21.9 Å². The Balaban J connectivity index is 2.36. The number of thioether (sulfide) groups is 1. The summed E-state index contributed by atoms with van der Waals surface area (Å²) in [6.45, 7) is 3.67. The predicted molar refractivity (Wildman–Crippen MR) is 72.8 cm³/mol. The van der Waals surface area contributed by atoms with Crippen molar-refractivity contribution < 1.29 is 4.79 Å². The van der Waals surface area contributed by atoms with E-state index in [1.54, 1.807) is 18.8 Å². The zero-order valence-corrected chi connectivity index (χ0v) is 11.0. The molecule has 90 valence electrons. The van der Waals surface area contributed by atoms with E-state index in [1.165, 1.54) is 0 Å². The second-order valence-electron chi connectivity index (χ2n) is 3.68. The minimum absolute atomic E-state index is 0.0376. The summed E-state index contributed by atoms with van der Waals surface area (Å²) in [4.78, 5) is 12.6. The van der Waals surface area contributed by atoms with Crippen molar-refractivity contribution in [2.45, 2.75) is 10.9 Å². The summed E-state index contributed by atoms with van der Waals surface area (Å²) in [7, 11) is 1.76. The highest BCUT2D eigenvalue weighted by molar-refractivity contribution is 7.99. The number of rotatable bonds is 4. The van der Waals surface area contributed by atoms with Gasteiger partial charge in [0.15, 0.2) is 0 Å². The van der Waals surface area contributed by atoms with Crippen molar-refractivity contribution >= 4 is 35.0 Å². The fourth-order valence-corrected chi connectivity index (χ4v) is 2.84. The standard InChI is InChI=1S/C12H13ClN2OS/c1-3-4-17-10-6-9-7(5-8(10)13)11(14-2)12(16)15-9/h3,5-6,11,14H,1,4H2,2H3,(H,15,16). The molecule has 5 heteroatoms. The second kappa shape index (κ2) is 5.12. The summed E-state index contributed by atoms with van der Waals surface area (Å²) in [6, 6.07) is 3.46. The summed E-state index contributed by atoms with van der Waals surface area (Å²) in [6.07, 6.45) is 1.82. The van der Waals surface area contributed by atoms with Gasteiger partial charge in [-0.25, -0.2) is 0 Å². The van der Waals surface area contributed by atoms with Crippen LogP contribution in [0.15, 0.2) is 29.7 Å². The number of carbonyl (C=O) groups is 1. The molecule has 0 saturated heterocycles. The molecule has 1 atom stereocenters. The predicted octanol–water partition coefficient (Wildman–Crippen LogP) is 2.83. The Hall–Kier alpha value is -0.970. The van der Waals surface area contributed by atoms with Gasteiger partial charge in [-0.3, -0.25) is 4.79 Å². The molecule has 0 aromatic heterocycles. The lowest BCUT2D eigenvalue weighted by Gasteiger charge is -2.09. The van der Waals surface area contributed by atoms with Crippen LogP contribution in [0.2, 0.25) is 5.02 Å². The van der Waals surface area contributed by atoms with Gasteiger partial charge in [-0.05, 0) is 19.2 Å². The Morgan fingerprint density at radius 1 is 1.65 bits per heavy atom. The van der Waals surface area contributed by atoms with Crippen LogP contribution in [-0.4, -0.2) is 18.7 Å². The number of hydrogen-bond donors (Lipinski definition) is 2. The van der Waals surface area contributed by atoms with Crippen LogP contribution in [0.4, 0.5) is 5.69 Å². The largest absolute Gasteiger partial charge is 0.324 e. The molecule has 0 bridgehead atoms. The van der Waals surface area contributed by atoms with Crippen LogP contribution in [0.5, 0.6) is 0 Å². The minimum Gasteiger partial charge on any atom is -0.324 e. The summed E-state index contributed by atoms with van der Waals surface area (Å²) in [5, 5.41) is 6.48. The lowest BCUT2D eigenvalue weighted by molar-refractivity contribution is -0.117. The maximum Gasteiger partial charge on any atom is 0.246 e. The molecule has 0 fully saturated rings. The molecule has 0 saturated carbocycles. The molecule has 2 rings (SSSR count). The van der Waals surface area contributed by atoms with Crippen molar-refractivity contribution in [2.75, 3.05) is 18.1 Å². The Labute approximate surface area is 110 Å². The molecular formula is C12H13ClN2OS. The first kappa shape index (κ1) is 12.5. The van der Waals surface area contributed by atoms with Crippen molar-refractivity contribution in [1.29, 1.82) is 0 Å². The molecule has 1 amide bonds. The topological polar surface area (TPSA) is 41.1 Å². The Morgan fingerprint density at radius 3 is 3.06 bits per heavy atom. The quantitative estimate of drug-likeness (QED) is 0.652. The summed E-state index contributed by atoms with van der Waals surface area (Å²) >= 11 is 7.79. The fourth-order valence-electron chi connectivity index (χ4n) is 1.81. The van der Waals surface area contributed by atoms with Crippen molar-refractivity contribution in [1.82, 2.24) is 5.32 Å². The monoisotopic (exact) mass is 268 g/mol. The van der Waals surface area contributed by atoms with Crippen LogP contribution >= 0.6 is 23.4 Å². The number of fused-ring (bicyclic) bond motifs is 1. The molecule has 2 N–H and O–H groups in total. The first-order valence-electron chi connectivity index (χ1n) is 5.22. The fraction of sp³-hybridized carbons (Fsp3) is 0.250. The van der Waals surface area contributed by atoms with E-state index in [0.29, 0.717) is 5.02 Å². The Kier molecular flexibility index (Phi) is 3.76. The molecule has 3 nitrogen and oxygen atoms in total. The number of benzene rings is 1. The van der Waals surface area contributed by atoms with Crippen molar-refractivity contribution in [3.8, 4) is 0 Å². The number of halogens is 1. The lowest BCUT2D eigenvalue weighted by atomic mass is 10.1. The molecule has 1 aromatic rings. The van der Waals surface area contributed by atoms with Crippen LogP contribution < -0.4 is 10.6 Å². The molecule has 1 aromatic carbocycles. The smallest absolute Gasteiger partial charge is 0.246 e. The normalized spacial score (nSPS) is 17.8. The van der Waals surface area contributed by atoms with Crippen LogP contribution in [0.3, 0.4) is 0 Å². The van der Waals surface area contributed by atoms with Gasteiger partial charge >= 0.3 is 0 Å². The summed E-state index contributed by atoms with van der Waals surface area (Å²) in [5.41, 5.74) is 1.75. The van der Waals surface area contributed by atoms with Gasteiger partial charge in [0.1, 0.15) is 6.04 Å². The van der Waals surface area contributed by atoms with E-state index in [4.69, 9.17) is 11.6 Å². The molecule has 1 aliphatic rings. The number of anilines is 1. The average molecular weight is 269 g/mol. The van der Waals surface area contributed by atoms with Crippen LogP contribution in [-0.2, 0) is 4.79 Å². The molecule has 1 aliphatic heterocycles. The van der Waals surface area contributed by atoms with Crippen LogP contribution in [0.25, 0.3) is 0 Å². The first-order valence-corrected chi connectivity index (χ1v) is 6.59. The Morgan fingerprint density at radius 2 is 2.41 bits per heavy atom. The summed E-state index contributed by atoms with van der Waals surface area (Å²) < 4.78 is 0. The van der Waals surface area contributed by atoms with Crippen LogP contribution in [0, 0.1) is 0 Å². The highest BCUT2D eigenvalue weighted by Crippen LogP contribution is 2.38. The maximum absolute atomic E-state index is 11.7. The Bertz CT molecular complexity index is 476. The number of nitrogens with one attached hydrogen (secondary N) is 2. The molecular weight excluding hydrogens is 256 g/mol. The SMILES string of the molecule is C=CCSc1cc2c(cc1Cl)C(NC)C(=O)N2. The zero-order valence-electron chi connectivity index (χ0n) is 9.42. The highest BCUT2D eigenvalue weighted by Gasteiger charge is 2.30. The van der Waals surface area contributed by atoms with Gasteiger partial charge in [0.05, 0.1) is 5.02 Å². The van der Waals surface area contributed by atoms with Crippen LogP contribution in [0.1, 0.15) is 11.6 Å². The third-order valence-electron chi connectivity index (χ3n) is 2.58. The third-order valence-corrected chi connectivity index (χ3v) is 4.06. The van der Waals surface area contributed by atoms with E-state index in [0.717, 1.165) is 21.9 Å². The van der Waals surface area contributed by atoms with E-state index in [2.05, 4.69) is 17.2 Å². The van der Waals surface area contributed by atoms with Gasteiger partial charge in [-0.2, -0.15) is 0 Å². The van der Waals surface area contributed by atoms with Crippen molar-refractivity contribution in [2.24, 2.45) is 0 Å². The molecule has 17 heavy (non-hydrogen) atoms. The molecule has 1 unspecified atom stereocenters. The lowest BCUT2D eigenvalue weighted by Crippen LogP contribution is -2.23. The number of carbonyl (C=O) groups excluding carboxylic acids is 1. The second-order valence-corrected chi connectivity index (χ2v) is 5.15. The van der Waals surface area contributed by atoms with Gasteiger partial charge in [0.25, 0.3) is 0 Å². The van der Waals surface area contributed by atoms with E-state index < -0.39 is 0 Å². The van der Waals surface area contributed by atoms with E-state index >= 15 is 0 Å². The van der Waals surface area contributed by atoms with Crippen molar-refractivity contribution in [3.05, 3.63) is 35.4 Å². The molecule has 0 spiro atoms. The minimum atomic E-state index is -0.305. The third kappa shape index (κ3) is 2.34. The first-order chi connectivity index (χ1) is 8.17. The number of hydrogen-bond acceptors (Lipinski definition) is 3.